The summed E-state index contributed by atoms with van der Waals surface area (Å²) >= 11 is 0. The molecule has 2 aromatic heterocycles. The summed E-state index contributed by atoms with van der Waals surface area (Å²) in [6.07, 6.45) is -2.54. The Morgan fingerprint density at radius 2 is 1.78 bits per heavy atom. The monoisotopic (exact) mass is 659 g/mol. The van der Waals surface area contributed by atoms with Gasteiger partial charge in [0.05, 0.1) is 45.0 Å². The van der Waals surface area contributed by atoms with Crippen molar-refractivity contribution in [1.29, 1.82) is 0 Å². The highest BCUT2D eigenvalue weighted by Gasteiger charge is 2.61. The van der Waals surface area contributed by atoms with Crippen LogP contribution in [0.1, 0.15) is 76.3 Å². The molecular formula is C29H34F5N5O5S. The first-order valence-corrected chi connectivity index (χ1v) is 15.6. The van der Waals surface area contributed by atoms with Gasteiger partial charge in [-0.1, -0.05) is 0 Å². The van der Waals surface area contributed by atoms with Crippen molar-refractivity contribution < 1.29 is 45.2 Å². The summed E-state index contributed by atoms with van der Waals surface area (Å²) in [5.74, 6) is -5.88. The van der Waals surface area contributed by atoms with Crippen LogP contribution in [-0.4, -0.2) is 77.7 Å². The first kappa shape index (κ1) is 34.3. The second-order valence-electron chi connectivity index (χ2n) is 12.6. The third-order valence-corrected chi connectivity index (χ3v) is 11.1. The number of fused-ring (bicyclic) bond motifs is 1. The van der Waals surface area contributed by atoms with Crippen molar-refractivity contribution in [3.8, 4) is 5.88 Å². The molecule has 0 saturated carbocycles. The number of rotatable bonds is 9. The number of hydrogen-bond donors (Lipinski definition) is 0. The number of aromatic nitrogens is 3. The number of halogens is 5. The minimum absolute atomic E-state index is 0.0113. The van der Waals surface area contributed by atoms with Crippen molar-refractivity contribution in [3.63, 3.8) is 0 Å². The molecule has 0 spiro atoms. The maximum Gasteiger partial charge on any atom is 0.312 e. The number of hydrogen-bond acceptors (Lipinski definition) is 10. The van der Waals surface area contributed by atoms with Gasteiger partial charge in [0.15, 0.2) is 12.4 Å². The molecule has 0 N–H and O–H groups in total. The summed E-state index contributed by atoms with van der Waals surface area (Å²) in [5, 5.41) is -1.51. The number of aliphatic imine (C=N–C) groups is 1. The predicted octanol–water partition coefficient (Wildman–Crippen LogP) is 5.14. The molecule has 10 nitrogen and oxygen atoms in total. The zero-order chi connectivity index (χ0) is 33.6. The number of Topliss-reactive ketones (excluding diaryl/α,β-unsaturated/α-hetero) is 1. The van der Waals surface area contributed by atoms with Crippen LogP contribution in [0.25, 0.3) is 0 Å². The van der Waals surface area contributed by atoms with Gasteiger partial charge in [-0.3, -0.25) is 19.6 Å². The van der Waals surface area contributed by atoms with Crippen molar-refractivity contribution in [2.45, 2.75) is 94.3 Å². The molecule has 0 fully saturated rings. The van der Waals surface area contributed by atoms with E-state index >= 15 is 4.39 Å². The molecular weight excluding hydrogens is 625 g/mol. The van der Waals surface area contributed by atoms with Crippen molar-refractivity contribution in [2.24, 2.45) is 9.36 Å². The van der Waals surface area contributed by atoms with Crippen LogP contribution in [-0.2, 0) is 31.2 Å². The van der Waals surface area contributed by atoms with E-state index in [4.69, 9.17) is 9.47 Å². The molecule has 16 heteroatoms. The van der Waals surface area contributed by atoms with Gasteiger partial charge in [-0.15, -0.1) is 0 Å². The van der Waals surface area contributed by atoms with Crippen LogP contribution in [0.5, 0.6) is 5.88 Å². The Labute approximate surface area is 257 Å². The average Bonchev–Trinajstić information content (AvgIpc) is 2.92. The SMILES string of the molecule is CC(C)(C)OC(=O)CC1=N[C@](C)(c2nc(CC(=O)c3cnc(OCC(F)F)cn3)ccc2F)[C@H]2CC(F)(F)CN=[S@]2(=O)C1(C)C. The van der Waals surface area contributed by atoms with Gasteiger partial charge in [-0.25, -0.2) is 40.5 Å². The molecule has 0 aromatic carbocycles. The molecule has 0 bridgehead atoms. The van der Waals surface area contributed by atoms with E-state index in [-0.39, 0.29) is 23.0 Å². The van der Waals surface area contributed by atoms with Gasteiger partial charge in [0, 0.05) is 17.8 Å². The highest BCUT2D eigenvalue weighted by molar-refractivity contribution is 7.96. The summed E-state index contributed by atoms with van der Waals surface area (Å²) in [6, 6.07) is 2.20. The number of nitrogens with zero attached hydrogens (tertiary/aromatic N) is 5. The van der Waals surface area contributed by atoms with E-state index in [1.54, 1.807) is 20.8 Å². The lowest BCUT2D eigenvalue weighted by Gasteiger charge is -2.49. The summed E-state index contributed by atoms with van der Waals surface area (Å²) in [6.45, 7) is 7.37. The van der Waals surface area contributed by atoms with Gasteiger partial charge in [0.2, 0.25) is 5.88 Å². The van der Waals surface area contributed by atoms with Gasteiger partial charge < -0.3 is 9.47 Å². The lowest BCUT2D eigenvalue weighted by molar-refractivity contribution is -0.153. The standard InChI is InChI=1S/C29H34F5N5O5S/c1-26(2,3)44-24(41)10-20-27(4,5)45(42)21(11-29(33,34)15-37-45)28(6,39-20)25-17(30)8-7-16(38-25)9-19(40)18-12-36-23(13-35-18)43-14-22(31)32/h7-8,12-13,21-22H,9-11,14-15H2,1-6H3/t21-,28+,45-/m1/s1. The van der Waals surface area contributed by atoms with Gasteiger partial charge in [0.1, 0.15) is 34.9 Å². The molecule has 45 heavy (non-hydrogen) atoms. The van der Waals surface area contributed by atoms with E-state index in [2.05, 4.69) is 24.3 Å². The van der Waals surface area contributed by atoms with E-state index in [1.165, 1.54) is 26.8 Å². The third-order valence-electron chi connectivity index (χ3n) is 7.51. The fourth-order valence-electron chi connectivity index (χ4n) is 5.26. The predicted molar refractivity (Wildman–Crippen MR) is 154 cm³/mol. The summed E-state index contributed by atoms with van der Waals surface area (Å²) in [7, 11) is -3.63. The van der Waals surface area contributed by atoms with Crippen LogP contribution < -0.4 is 4.74 Å². The number of carbonyl (C=O) groups is 2. The molecule has 0 aliphatic carbocycles. The van der Waals surface area contributed by atoms with E-state index in [9.17, 15) is 31.4 Å². The average molecular weight is 660 g/mol. The number of alkyl halides is 4. The fraction of sp³-hybridized carbons (Fsp3) is 0.586. The Bertz CT molecular complexity index is 1630. The molecule has 4 heterocycles. The molecule has 2 aromatic rings. The second-order valence-corrected chi connectivity index (χ2v) is 15.5. The van der Waals surface area contributed by atoms with Crippen LogP contribution in [0.15, 0.2) is 33.9 Å². The molecule has 2 aliphatic heterocycles. The van der Waals surface area contributed by atoms with E-state index in [0.29, 0.717) is 0 Å². The lowest BCUT2D eigenvalue weighted by atomic mass is 9.87. The molecule has 0 radical (unpaired) electrons. The zero-order valence-electron chi connectivity index (χ0n) is 25.6. The molecule has 0 saturated heterocycles. The fourth-order valence-corrected chi connectivity index (χ4v) is 8.56. The molecule has 0 amide bonds. The highest BCUT2D eigenvalue weighted by Crippen LogP contribution is 2.50. The smallest absolute Gasteiger partial charge is 0.312 e. The Hall–Kier alpha value is -3.56. The number of carbonyl (C=O) groups excluding carboxylic acids is 2. The van der Waals surface area contributed by atoms with Gasteiger partial charge in [-0.2, -0.15) is 0 Å². The zero-order valence-corrected chi connectivity index (χ0v) is 26.4. The van der Waals surface area contributed by atoms with E-state index in [1.807, 2.05) is 0 Å². The summed E-state index contributed by atoms with van der Waals surface area (Å²) in [5.41, 5.74) is -3.41. The molecule has 0 unspecified atom stereocenters. The van der Waals surface area contributed by atoms with Gasteiger partial charge in [0.25, 0.3) is 12.3 Å². The van der Waals surface area contributed by atoms with Gasteiger partial charge in [-0.05, 0) is 53.7 Å². The van der Waals surface area contributed by atoms with E-state index in [0.717, 1.165) is 18.5 Å². The number of ketones is 1. The van der Waals surface area contributed by atoms with Crippen LogP contribution in [0.4, 0.5) is 22.0 Å². The second kappa shape index (κ2) is 12.0. The quantitative estimate of drug-likeness (QED) is 0.206. The largest absolute Gasteiger partial charge is 0.470 e. The van der Waals surface area contributed by atoms with Crippen molar-refractivity contribution in [2.75, 3.05) is 13.2 Å². The molecule has 246 valence electrons. The first-order valence-electron chi connectivity index (χ1n) is 14.0. The van der Waals surface area contributed by atoms with Crippen LogP contribution >= 0.6 is 0 Å². The van der Waals surface area contributed by atoms with E-state index < -0.39 is 98.9 Å². The molecule has 3 atom stereocenters. The number of ether oxygens (including phenoxy) is 2. The van der Waals surface area contributed by atoms with Crippen molar-refractivity contribution in [1.82, 2.24) is 15.0 Å². The lowest BCUT2D eigenvalue weighted by Crippen LogP contribution is -2.61. The Balaban J connectivity index is 1.76. The third kappa shape index (κ3) is 7.15. The maximum absolute atomic E-state index is 15.6. The highest BCUT2D eigenvalue weighted by atomic mass is 32.2. The number of esters is 1. The number of pyridine rings is 1. The van der Waals surface area contributed by atoms with Gasteiger partial charge >= 0.3 is 5.97 Å². The van der Waals surface area contributed by atoms with Crippen molar-refractivity contribution >= 4 is 27.2 Å². The van der Waals surface area contributed by atoms with Crippen molar-refractivity contribution in [3.05, 3.63) is 47.4 Å². The van der Waals surface area contributed by atoms with Crippen LogP contribution in [0.3, 0.4) is 0 Å². The molecule has 4 rings (SSSR count). The maximum atomic E-state index is 15.6. The Morgan fingerprint density at radius 1 is 1.09 bits per heavy atom. The van der Waals surface area contributed by atoms with Crippen LogP contribution in [0, 0.1) is 5.82 Å². The summed E-state index contributed by atoms with van der Waals surface area (Å²) in [4.78, 5) is 42.4. The first-order chi connectivity index (χ1) is 20.7. The minimum Gasteiger partial charge on any atom is -0.470 e. The van der Waals surface area contributed by atoms with Crippen LogP contribution in [0.2, 0.25) is 0 Å². The Morgan fingerprint density at radius 3 is 2.38 bits per heavy atom. The summed E-state index contributed by atoms with van der Waals surface area (Å²) < 4.78 is 97.4. The minimum atomic E-state index is -3.63. The topological polar surface area (TPSA) is 133 Å². The normalized spacial score (nSPS) is 25.5. The molecule has 2 aliphatic rings. The Kier molecular flexibility index (Phi) is 9.14.